The summed E-state index contributed by atoms with van der Waals surface area (Å²) in [6, 6.07) is 35.2. The van der Waals surface area contributed by atoms with E-state index in [1.807, 2.05) is 0 Å². The van der Waals surface area contributed by atoms with E-state index in [1.165, 1.54) is 101 Å². The largest absolute Gasteiger partial charge is 0.0842 e. The Morgan fingerprint density at radius 2 is 1.41 bits per heavy atom. The highest BCUT2D eigenvalue weighted by atomic mass is 14.5. The molecule has 0 radical (unpaired) electrons. The van der Waals surface area contributed by atoms with Crippen LogP contribution in [-0.4, -0.2) is 0 Å². The molecule has 0 heteroatoms. The first-order valence-electron chi connectivity index (χ1n) is 21.1. The van der Waals surface area contributed by atoms with Crippen LogP contribution in [0.4, 0.5) is 0 Å². The van der Waals surface area contributed by atoms with Crippen LogP contribution in [0, 0.1) is 23.2 Å². The van der Waals surface area contributed by atoms with Gasteiger partial charge in [-0.05, 0) is 183 Å². The molecule has 0 aliphatic heterocycles. The van der Waals surface area contributed by atoms with E-state index in [0.29, 0.717) is 17.8 Å². The van der Waals surface area contributed by atoms with Crippen molar-refractivity contribution in [3.05, 3.63) is 189 Å². The molecule has 5 aromatic rings. The van der Waals surface area contributed by atoms with E-state index in [1.54, 1.807) is 33.4 Å². The molecule has 0 fully saturated rings. The predicted octanol–water partition coefficient (Wildman–Crippen LogP) is 12.8. The van der Waals surface area contributed by atoms with Gasteiger partial charge in [-0.25, -0.2) is 0 Å². The summed E-state index contributed by atoms with van der Waals surface area (Å²) in [5, 5.41) is 5.72. The fourth-order valence-electron chi connectivity index (χ4n) is 12.2. The van der Waals surface area contributed by atoms with Gasteiger partial charge in [-0.3, -0.25) is 0 Å². The topological polar surface area (TPSA) is 0 Å². The molecule has 3 atom stereocenters. The Labute approximate surface area is 329 Å². The van der Waals surface area contributed by atoms with Crippen LogP contribution in [0.2, 0.25) is 0 Å². The lowest BCUT2D eigenvalue weighted by Crippen LogP contribution is -2.35. The van der Waals surface area contributed by atoms with Gasteiger partial charge in [0.2, 0.25) is 0 Å². The summed E-state index contributed by atoms with van der Waals surface area (Å²) in [6.07, 6.45) is 23.3. The fourth-order valence-corrected chi connectivity index (χ4v) is 12.2. The molecule has 268 valence electrons. The zero-order valence-corrected chi connectivity index (χ0v) is 32.5. The minimum Gasteiger partial charge on any atom is -0.0842 e. The minimum atomic E-state index is 0.107. The Morgan fingerprint density at radius 1 is 0.661 bits per heavy atom. The van der Waals surface area contributed by atoms with Crippen molar-refractivity contribution in [3.63, 3.8) is 0 Å². The van der Waals surface area contributed by atoms with Crippen LogP contribution >= 0.6 is 0 Å². The van der Waals surface area contributed by atoms with E-state index < -0.39 is 0 Å². The van der Waals surface area contributed by atoms with Crippen LogP contribution < -0.4 is 10.4 Å². The van der Waals surface area contributed by atoms with Gasteiger partial charge in [0.1, 0.15) is 0 Å². The third kappa shape index (κ3) is 4.05. The van der Waals surface area contributed by atoms with E-state index >= 15 is 0 Å². The van der Waals surface area contributed by atoms with E-state index in [-0.39, 0.29) is 5.41 Å². The highest BCUT2D eigenvalue weighted by Crippen LogP contribution is 2.62. The molecule has 8 aliphatic carbocycles. The van der Waals surface area contributed by atoms with Gasteiger partial charge in [0.25, 0.3) is 0 Å². The summed E-state index contributed by atoms with van der Waals surface area (Å²) in [5.74, 6) is 1.41. The first-order valence-corrected chi connectivity index (χ1v) is 21.1. The van der Waals surface area contributed by atoms with E-state index in [9.17, 15) is 0 Å². The molecule has 56 heavy (non-hydrogen) atoms. The maximum atomic E-state index is 2.66. The Morgan fingerprint density at radius 3 is 2.18 bits per heavy atom. The molecule has 0 bridgehead atoms. The monoisotopic (exact) mass is 716 g/mol. The number of rotatable bonds is 2. The van der Waals surface area contributed by atoms with Gasteiger partial charge < -0.3 is 0 Å². The molecule has 8 aliphatic rings. The molecule has 0 aromatic heterocycles. The second-order valence-corrected chi connectivity index (χ2v) is 18.5. The summed E-state index contributed by atoms with van der Waals surface area (Å²) in [7, 11) is 0. The first kappa shape index (κ1) is 31.5. The molecule has 0 spiro atoms. The third-order valence-corrected chi connectivity index (χ3v) is 14.6. The number of allylic oxidation sites excluding steroid dienone is 14. The average molecular weight is 717 g/mol. The molecule has 0 N–H and O–H groups in total. The SMILES string of the molecule is CC(C)(C)C1=CC2C=CC3=C4C5=C(CC3)c3cc6c(-c7ccccc7)c7c(c(-c8ccccc8)c6cc3C5=CC(=C1)C42)-c1cccc2c1=C7CC1CCC=CC=21. The van der Waals surface area contributed by atoms with Crippen LogP contribution in [0.5, 0.6) is 0 Å². The number of hydrogen-bond acceptors (Lipinski definition) is 0. The zero-order chi connectivity index (χ0) is 37.0. The van der Waals surface area contributed by atoms with Gasteiger partial charge in [0.05, 0.1) is 0 Å². The van der Waals surface area contributed by atoms with Crippen molar-refractivity contribution >= 4 is 33.1 Å². The standard InChI is InChI=1S/C56H44/c1-56(2,3)37-25-35-22-21-33-23-24-40-42-29-45-46(30-43(42)44-28-36(26-37)48(35)51(33)53(40)44)49(31-13-6-4-7-14-31)54-41-20-12-19-39-38-18-11-10-17-34(38)27-47(52(39)41)55(54)50(45)32-15-8-5-9-16-32/h4-9,11-16,18-22,25-26,28-30,34-35,48H,10,17,23-24,27H2,1-3H3. The van der Waals surface area contributed by atoms with Crippen molar-refractivity contribution in [2.45, 2.75) is 52.9 Å². The van der Waals surface area contributed by atoms with Crippen molar-refractivity contribution in [1.82, 2.24) is 0 Å². The molecule has 0 nitrogen and oxygen atoms in total. The second-order valence-electron chi connectivity index (χ2n) is 18.5. The molecule has 5 aromatic carbocycles. The Kier molecular flexibility index (Phi) is 6.17. The molecule has 13 rings (SSSR count). The highest BCUT2D eigenvalue weighted by molar-refractivity contribution is 6.21. The maximum Gasteiger partial charge on any atom is 0.0196 e. The van der Waals surface area contributed by atoms with Gasteiger partial charge >= 0.3 is 0 Å². The first-order chi connectivity index (χ1) is 27.4. The van der Waals surface area contributed by atoms with E-state index in [2.05, 4.69) is 154 Å². The van der Waals surface area contributed by atoms with Crippen LogP contribution in [0.1, 0.15) is 69.6 Å². The minimum absolute atomic E-state index is 0.107. The Bertz CT molecular complexity index is 3050. The van der Waals surface area contributed by atoms with Gasteiger partial charge in [-0.2, -0.15) is 0 Å². The van der Waals surface area contributed by atoms with Gasteiger partial charge in [-0.1, -0.05) is 136 Å². The number of fused-ring (bicyclic) bond motifs is 8. The summed E-state index contributed by atoms with van der Waals surface area (Å²) < 4.78 is 0. The summed E-state index contributed by atoms with van der Waals surface area (Å²) in [5.41, 5.74) is 26.6. The predicted molar refractivity (Wildman–Crippen MR) is 235 cm³/mol. The van der Waals surface area contributed by atoms with Crippen molar-refractivity contribution in [2.75, 3.05) is 0 Å². The quantitative estimate of drug-likeness (QED) is 0.171. The molecule has 0 amide bonds. The van der Waals surface area contributed by atoms with Gasteiger partial charge in [0, 0.05) is 11.8 Å². The lowest BCUT2D eigenvalue weighted by Gasteiger charge is -2.42. The summed E-state index contributed by atoms with van der Waals surface area (Å²) >= 11 is 0. The van der Waals surface area contributed by atoms with Gasteiger partial charge in [0.15, 0.2) is 0 Å². The molecule has 0 saturated carbocycles. The van der Waals surface area contributed by atoms with Crippen LogP contribution in [-0.2, 0) is 0 Å². The molecule has 0 saturated heterocycles. The lowest BCUT2D eigenvalue weighted by atomic mass is 9.62. The second kappa shape index (κ2) is 11.0. The lowest BCUT2D eigenvalue weighted by molar-refractivity contribution is 0.490. The number of benzene rings is 5. The molecular weight excluding hydrogens is 673 g/mol. The fraction of sp³-hybridized carbons (Fsp3) is 0.214. The van der Waals surface area contributed by atoms with Crippen molar-refractivity contribution in [1.29, 1.82) is 0 Å². The van der Waals surface area contributed by atoms with E-state index in [4.69, 9.17) is 0 Å². The zero-order valence-electron chi connectivity index (χ0n) is 32.5. The van der Waals surface area contributed by atoms with Crippen LogP contribution in [0.15, 0.2) is 161 Å². The van der Waals surface area contributed by atoms with Crippen LogP contribution in [0.3, 0.4) is 0 Å². The van der Waals surface area contributed by atoms with Crippen LogP contribution in [0.25, 0.3) is 66.4 Å². The molecule has 3 unspecified atom stereocenters. The van der Waals surface area contributed by atoms with Gasteiger partial charge in [-0.15, -0.1) is 0 Å². The average Bonchev–Trinajstić information content (AvgIpc) is 3.72. The maximum absolute atomic E-state index is 2.66. The molecule has 0 heterocycles. The smallest absolute Gasteiger partial charge is 0.0196 e. The third-order valence-electron chi connectivity index (χ3n) is 14.6. The van der Waals surface area contributed by atoms with Crippen molar-refractivity contribution in [2.24, 2.45) is 23.2 Å². The normalized spacial score (nSPS) is 23.1. The molecular formula is C56H44. The van der Waals surface area contributed by atoms with Crippen molar-refractivity contribution in [3.8, 4) is 33.4 Å². The highest BCUT2D eigenvalue weighted by Gasteiger charge is 2.45. The summed E-state index contributed by atoms with van der Waals surface area (Å²) in [4.78, 5) is 0. The Hall–Kier alpha value is -5.72. The Balaban J connectivity index is 1.18. The van der Waals surface area contributed by atoms with E-state index in [0.717, 1.165) is 19.3 Å². The number of hydrogen-bond donors (Lipinski definition) is 0. The summed E-state index contributed by atoms with van der Waals surface area (Å²) in [6.45, 7) is 7.10. The van der Waals surface area contributed by atoms with Crippen molar-refractivity contribution < 1.29 is 0 Å².